The van der Waals surface area contributed by atoms with Gasteiger partial charge in [0, 0.05) is 24.0 Å². The van der Waals surface area contributed by atoms with E-state index in [1.807, 2.05) is 34.1 Å². The van der Waals surface area contributed by atoms with E-state index in [1.165, 1.54) is 11.8 Å². The number of nitrogens with zero attached hydrogens (tertiary/aromatic N) is 3. The third-order valence-electron chi connectivity index (χ3n) is 6.06. The summed E-state index contributed by atoms with van der Waals surface area (Å²) in [5, 5.41) is 0. The van der Waals surface area contributed by atoms with Gasteiger partial charge in [-0.05, 0) is 37.3 Å². The number of piperidine rings is 1. The van der Waals surface area contributed by atoms with E-state index in [2.05, 4.69) is 13.8 Å². The third kappa shape index (κ3) is 4.29. The molecule has 162 valence electrons. The molecule has 2 fully saturated rings. The third-order valence-corrected chi connectivity index (χ3v) is 7.11. The summed E-state index contributed by atoms with van der Waals surface area (Å²) >= 11 is 1.52. The summed E-state index contributed by atoms with van der Waals surface area (Å²) in [6.45, 7) is 6.04. The van der Waals surface area contributed by atoms with Crippen molar-refractivity contribution in [2.75, 3.05) is 36.9 Å². The molecular formula is C22H29N3O4S. The highest BCUT2D eigenvalue weighted by Gasteiger charge is 2.40. The van der Waals surface area contributed by atoms with Gasteiger partial charge in [0.05, 0.1) is 17.5 Å². The summed E-state index contributed by atoms with van der Waals surface area (Å²) < 4.78 is 5.31. The van der Waals surface area contributed by atoms with Crippen molar-refractivity contribution in [1.82, 2.24) is 9.80 Å². The fourth-order valence-corrected chi connectivity index (χ4v) is 5.54. The first-order valence-electron chi connectivity index (χ1n) is 10.7. The second-order valence-corrected chi connectivity index (χ2v) is 9.63. The quantitative estimate of drug-likeness (QED) is 0.717. The molecule has 1 aromatic rings. The lowest BCUT2D eigenvalue weighted by Crippen LogP contribution is -2.52. The molecule has 1 atom stereocenters. The highest BCUT2D eigenvalue weighted by molar-refractivity contribution is 8.00. The van der Waals surface area contributed by atoms with Crippen molar-refractivity contribution >= 4 is 35.4 Å². The second-order valence-electron chi connectivity index (χ2n) is 8.62. The van der Waals surface area contributed by atoms with E-state index in [0.29, 0.717) is 31.4 Å². The van der Waals surface area contributed by atoms with E-state index in [1.54, 1.807) is 4.90 Å². The molecule has 0 radical (unpaired) electrons. The molecule has 1 unspecified atom stereocenters. The summed E-state index contributed by atoms with van der Waals surface area (Å²) in [7, 11) is 0. The van der Waals surface area contributed by atoms with Crippen LogP contribution in [0.15, 0.2) is 29.2 Å². The zero-order valence-electron chi connectivity index (χ0n) is 17.6. The fraction of sp³-hybridized carbons (Fsp3) is 0.591. The minimum atomic E-state index is -0.224. The van der Waals surface area contributed by atoms with E-state index in [0.717, 1.165) is 29.8 Å². The molecule has 0 aromatic heterocycles. The van der Waals surface area contributed by atoms with Crippen molar-refractivity contribution in [2.45, 2.75) is 50.1 Å². The minimum Gasteiger partial charge on any atom is -0.447 e. The lowest BCUT2D eigenvalue weighted by molar-refractivity contribution is -0.132. The summed E-state index contributed by atoms with van der Waals surface area (Å²) in [4.78, 5) is 44.0. The van der Waals surface area contributed by atoms with E-state index in [4.69, 9.17) is 4.74 Å². The molecule has 2 saturated heterocycles. The first kappa shape index (κ1) is 21.0. The van der Waals surface area contributed by atoms with Crippen LogP contribution in [-0.2, 0) is 14.3 Å². The molecule has 0 spiro atoms. The van der Waals surface area contributed by atoms with Crippen LogP contribution in [0, 0.1) is 5.92 Å². The van der Waals surface area contributed by atoms with Crippen molar-refractivity contribution in [3.8, 4) is 0 Å². The van der Waals surface area contributed by atoms with Crippen molar-refractivity contribution in [3.63, 3.8) is 0 Å². The molecule has 1 aromatic carbocycles. The van der Waals surface area contributed by atoms with Gasteiger partial charge < -0.3 is 14.5 Å². The molecule has 30 heavy (non-hydrogen) atoms. The normalized spacial score (nSPS) is 22.5. The molecular weight excluding hydrogens is 402 g/mol. The molecule has 7 nitrogen and oxygen atoms in total. The lowest BCUT2D eigenvalue weighted by atomic mass is 9.98. The van der Waals surface area contributed by atoms with E-state index < -0.39 is 0 Å². The maximum atomic E-state index is 12.9. The van der Waals surface area contributed by atoms with Gasteiger partial charge in [-0.3, -0.25) is 14.5 Å². The molecule has 3 aliphatic rings. The fourth-order valence-electron chi connectivity index (χ4n) is 4.60. The number of benzene rings is 1. The van der Waals surface area contributed by atoms with Gasteiger partial charge in [-0.2, -0.15) is 0 Å². The van der Waals surface area contributed by atoms with Gasteiger partial charge in [-0.15, -0.1) is 11.8 Å². The predicted octanol–water partition coefficient (Wildman–Crippen LogP) is 2.98. The predicted molar refractivity (Wildman–Crippen MR) is 116 cm³/mol. The zero-order chi connectivity index (χ0) is 21.3. The SMILES string of the molecule is CC(C)CC1COC(=O)N1C1CCN(C(=O)CN2C(=O)CSc3ccccc32)CC1. The summed E-state index contributed by atoms with van der Waals surface area (Å²) in [6, 6.07) is 7.96. The van der Waals surface area contributed by atoms with Gasteiger partial charge in [0.1, 0.15) is 13.2 Å². The number of ether oxygens (including phenoxy) is 1. The molecule has 0 saturated carbocycles. The number of fused-ring (bicyclic) bond motifs is 1. The molecule has 0 N–H and O–H groups in total. The Labute approximate surface area is 181 Å². The average molecular weight is 432 g/mol. The smallest absolute Gasteiger partial charge is 0.410 e. The Bertz CT molecular complexity index is 822. The Hall–Kier alpha value is -2.22. The summed E-state index contributed by atoms with van der Waals surface area (Å²) in [6.07, 6.45) is 2.20. The van der Waals surface area contributed by atoms with E-state index in [9.17, 15) is 14.4 Å². The minimum absolute atomic E-state index is 0.0294. The highest BCUT2D eigenvalue weighted by atomic mass is 32.2. The Kier molecular flexibility index (Phi) is 6.22. The Morgan fingerprint density at radius 2 is 1.93 bits per heavy atom. The number of hydrogen-bond donors (Lipinski definition) is 0. The second kappa shape index (κ2) is 8.88. The summed E-state index contributed by atoms with van der Waals surface area (Å²) in [5.41, 5.74) is 0.818. The monoisotopic (exact) mass is 431 g/mol. The Morgan fingerprint density at radius 3 is 2.67 bits per heavy atom. The van der Waals surface area contributed by atoms with Crippen LogP contribution in [0.25, 0.3) is 0 Å². The Morgan fingerprint density at radius 1 is 1.20 bits per heavy atom. The maximum Gasteiger partial charge on any atom is 0.410 e. The van der Waals surface area contributed by atoms with Crippen LogP contribution in [0.3, 0.4) is 0 Å². The number of amides is 3. The highest BCUT2D eigenvalue weighted by Crippen LogP contribution is 2.35. The van der Waals surface area contributed by atoms with E-state index >= 15 is 0 Å². The van der Waals surface area contributed by atoms with Crippen LogP contribution >= 0.6 is 11.8 Å². The molecule has 8 heteroatoms. The molecule has 0 bridgehead atoms. The molecule has 4 rings (SSSR count). The lowest BCUT2D eigenvalue weighted by Gasteiger charge is -2.39. The number of rotatable bonds is 5. The van der Waals surface area contributed by atoms with Crippen molar-refractivity contribution in [1.29, 1.82) is 0 Å². The van der Waals surface area contributed by atoms with Crippen LogP contribution in [0.2, 0.25) is 0 Å². The molecule has 3 heterocycles. The first-order valence-corrected chi connectivity index (χ1v) is 11.7. The van der Waals surface area contributed by atoms with Gasteiger partial charge in [0.25, 0.3) is 0 Å². The number of cyclic esters (lactones) is 1. The van der Waals surface area contributed by atoms with Crippen molar-refractivity contribution < 1.29 is 19.1 Å². The van der Waals surface area contributed by atoms with Gasteiger partial charge >= 0.3 is 6.09 Å². The maximum absolute atomic E-state index is 12.9. The molecule has 0 aliphatic carbocycles. The van der Waals surface area contributed by atoms with Crippen LogP contribution in [0.1, 0.15) is 33.1 Å². The molecule has 3 amide bonds. The van der Waals surface area contributed by atoms with E-state index in [-0.39, 0.29) is 36.5 Å². The van der Waals surface area contributed by atoms with Crippen LogP contribution in [0.5, 0.6) is 0 Å². The average Bonchev–Trinajstić information content (AvgIpc) is 3.09. The first-order chi connectivity index (χ1) is 14.4. The van der Waals surface area contributed by atoms with Crippen LogP contribution < -0.4 is 4.90 Å². The summed E-state index contributed by atoms with van der Waals surface area (Å²) in [5.74, 6) is 0.794. The Balaban J connectivity index is 1.36. The van der Waals surface area contributed by atoms with Crippen molar-refractivity contribution in [3.05, 3.63) is 24.3 Å². The number of para-hydroxylation sites is 1. The van der Waals surface area contributed by atoms with Crippen molar-refractivity contribution in [2.24, 2.45) is 5.92 Å². The van der Waals surface area contributed by atoms with Gasteiger partial charge in [-0.25, -0.2) is 4.79 Å². The van der Waals surface area contributed by atoms with Gasteiger partial charge in [0.2, 0.25) is 11.8 Å². The topological polar surface area (TPSA) is 70.2 Å². The number of hydrogen-bond acceptors (Lipinski definition) is 5. The number of anilines is 1. The van der Waals surface area contributed by atoms with Gasteiger partial charge in [0.15, 0.2) is 0 Å². The number of thioether (sulfide) groups is 1. The van der Waals surface area contributed by atoms with Crippen LogP contribution in [0.4, 0.5) is 10.5 Å². The number of carbonyl (C=O) groups is 3. The van der Waals surface area contributed by atoms with Gasteiger partial charge in [-0.1, -0.05) is 26.0 Å². The number of carbonyl (C=O) groups excluding carboxylic acids is 3. The molecule has 3 aliphatic heterocycles. The standard InChI is InChI=1S/C22H29N3O4S/c1-15(2)11-17-13-29-22(28)25(17)16-7-9-23(10-8-16)20(26)12-24-18-5-3-4-6-19(18)30-14-21(24)27/h3-6,15-17H,7-14H2,1-2H3. The largest absolute Gasteiger partial charge is 0.447 e. The van der Waals surface area contributed by atoms with Crippen LogP contribution in [-0.4, -0.2) is 71.8 Å². The zero-order valence-corrected chi connectivity index (χ0v) is 18.4. The number of likely N-dealkylation sites (tertiary alicyclic amines) is 1.